The molecule has 0 aromatic carbocycles. The van der Waals surface area contributed by atoms with Gasteiger partial charge >= 0.3 is 0 Å². The van der Waals surface area contributed by atoms with Gasteiger partial charge in [-0.05, 0) is 12.8 Å². The minimum atomic E-state index is -0.177. The summed E-state index contributed by atoms with van der Waals surface area (Å²) < 4.78 is 7.34. The van der Waals surface area contributed by atoms with E-state index in [1.54, 1.807) is 12.5 Å². The predicted molar refractivity (Wildman–Crippen MR) is 83.5 cm³/mol. The second-order valence-electron chi connectivity index (χ2n) is 6.31. The second-order valence-corrected chi connectivity index (χ2v) is 6.31. The number of carbonyl (C=O) groups excluding carboxylic acids is 1. The molecule has 0 N–H and O–H groups in total. The van der Waals surface area contributed by atoms with E-state index in [4.69, 9.17) is 4.74 Å². The van der Waals surface area contributed by atoms with Crippen LogP contribution in [0.1, 0.15) is 26.3 Å². The molecule has 0 spiro atoms. The van der Waals surface area contributed by atoms with Crippen molar-refractivity contribution in [3.05, 3.63) is 18.7 Å². The number of hydrogen-bond donors (Lipinski definition) is 0. The van der Waals surface area contributed by atoms with E-state index in [-0.39, 0.29) is 11.9 Å². The first-order valence-corrected chi connectivity index (χ1v) is 8.28. The molecule has 0 unspecified atom stereocenters. The van der Waals surface area contributed by atoms with E-state index in [1.165, 1.54) is 0 Å². The van der Waals surface area contributed by atoms with Crippen LogP contribution in [0.4, 0.5) is 0 Å². The minimum Gasteiger partial charge on any atom is -0.379 e. The SMILES string of the molecule is CC[C@@H]1CN(C(=O)[C@@H](C)n2ccnc2)C[C@@H]1N1CCOCC1. The molecule has 2 aliphatic heterocycles. The molecule has 1 amide bonds. The molecule has 22 heavy (non-hydrogen) atoms. The number of nitrogens with zero attached hydrogens (tertiary/aromatic N) is 4. The minimum absolute atomic E-state index is 0.177. The standard InChI is InChI=1S/C16H26N4O2/c1-3-14-10-20(11-15(14)18-6-8-22-9-7-18)16(21)13(2)19-5-4-17-12-19/h4-5,12-15H,3,6-11H2,1-2H3/t13-,14-,15+/m1/s1. The van der Waals surface area contributed by atoms with Crippen LogP contribution >= 0.6 is 0 Å². The van der Waals surface area contributed by atoms with Crippen LogP contribution < -0.4 is 0 Å². The van der Waals surface area contributed by atoms with Crippen molar-refractivity contribution < 1.29 is 9.53 Å². The highest BCUT2D eigenvalue weighted by Gasteiger charge is 2.39. The number of carbonyl (C=O) groups is 1. The van der Waals surface area contributed by atoms with Crippen LogP contribution in [0, 0.1) is 5.92 Å². The Hall–Kier alpha value is -1.40. The van der Waals surface area contributed by atoms with Crippen molar-refractivity contribution in [3.63, 3.8) is 0 Å². The molecule has 0 saturated carbocycles. The molecule has 0 aliphatic carbocycles. The molecule has 1 aromatic rings. The van der Waals surface area contributed by atoms with Crippen molar-refractivity contribution in [2.75, 3.05) is 39.4 Å². The van der Waals surface area contributed by atoms with Gasteiger partial charge in [-0.15, -0.1) is 0 Å². The molecule has 1 aromatic heterocycles. The van der Waals surface area contributed by atoms with Crippen molar-refractivity contribution in [2.45, 2.75) is 32.4 Å². The van der Waals surface area contributed by atoms with E-state index in [9.17, 15) is 4.79 Å². The Morgan fingerprint density at radius 3 is 2.77 bits per heavy atom. The first-order valence-electron chi connectivity index (χ1n) is 8.28. The van der Waals surface area contributed by atoms with Gasteiger partial charge in [0, 0.05) is 44.6 Å². The van der Waals surface area contributed by atoms with Crippen molar-refractivity contribution in [1.29, 1.82) is 0 Å². The number of ether oxygens (including phenoxy) is 1. The number of hydrogen-bond acceptors (Lipinski definition) is 4. The van der Waals surface area contributed by atoms with Gasteiger partial charge in [-0.2, -0.15) is 0 Å². The number of amides is 1. The van der Waals surface area contributed by atoms with Crippen LogP contribution in [-0.4, -0.2) is 70.7 Å². The number of morpholine rings is 1. The van der Waals surface area contributed by atoms with Crippen LogP contribution in [0.5, 0.6) is 0 Å². The quantitative estimate of drug-likeness (QED) is 0.833. The Kier molecular flexibility index (Phi) is 4.78. The van der Waals surface area contributed by atoms with Crippen LogP contribution in [0.25, 0.3) is 0 Å². The highest BCUT2D eigenvalue weighted by Crippen LogP contribution is 2.27. The second kappa shape index (κ2) is 6.79. The third-order valence-corrected chi connectivity index (χ3v) is 5.09. The zero-order valence-electron chi connectivity index (χ0n) is 13.5. The Morgan fingerprint density at radius 2 is 2.14 bits per heavy atom. The summed E-state index contributed by atoms with van der Waals surface area (Å²) in [6.45, 7) is 9.49. The summed E-state index contributed by atoms with van der Waals surface area (Å²) in [4.78, 5) is 21.4. The summed E-state index contributed by atoms with van der Waals surface area (Å²) in [5.41, 5.74) is 0. The highest BCUT2D eigenvalue weighted by atomic mass is 16.5. The first-order chi connectivity index (χ1) is 10.7. The zero-order chi connectivity index (χ0) is 15.5. The van der Waals surface area contributed by atoms with Crippen molar-refractivity contribution in [3.8, 4) is 0 Å². The van der Waals surface area contributed by atoms with E-state index in [0.717, 1.165) is 45.8 Å². The number of imidazole rings is 1. The average Bonchev–Trinajstić information content (AvgIpc) is 3.23. The molecule has 0 radical (unpaired) electrons. The van der Waals surface area contributed by atoms with Crippen LogP contribution in [0.15, 0.2) is 18.7 Å². The lowest BCUT2D eigenvalue weighted by atomic mass is 9.99. The van der Waals surface area contributed by atoms with Gasteiger partial charge in [0.2, 0.25) is 5.91 Å². The Bertz CT molecular complexity index is 484. The average molecular weight is 306 g/mol. The van der Waals surface area contributed by atoms with E-state index in [1.807, 2.05) is 22.6 Å². The molecule has 2 fully saturated rings. The monoisotopic (exact) mass is 306 g/mol. The van der Waals surface area contributed by atoms with Gasteiger partial charge in [0.1, 0.15) is 6.04 Å². The summed E-state index contributed by atoms with van der Waals surface area (Å²) in [6, 6.07) is 0.302. The van der Waals surface area contributed by atoms with Crippen molar-refractivity contribution in [1.82, 2.24) is 19.4 Å². The van der Waals surface area contributed by atoms with Gasteiger partial charge < -0.3 is 14.2 Å². The fraction of sp³-hybridized carbons (Fsp3) is 0.750. The van der Waals surface area contributed by atoms with Gasteiger partial charge in [0.15, 0.2) is 0 Å². The normalized spacial score (nSPS) is 28.0. The van der Waals surface area contributed by atoms with E-state index >= 15 is 0 Å². The summed E-state index contributed by atoms with van der Waals surface area (Å²) in [5, 5.41) is 0. The molecule has 6 nitrogen and oxygen atoms in total. The Labute approximate surface area is 132 Å². The smallest absolute Gasteiger partial charge is 0.245 e. The fourth-order valence-electron chi connectivity index (χ4n) is 3.65. The Morgan fingerprint density at radius 1 is 1.36 bits per heavy atom. The lowest BCUT2D eigenvalue weighted by Gasteiger charge is -2.34. The molecule has 6 heteroatoms. The third kappa shape index (κ3) is 3.03. The van der Waals surface area contributed by atoms with Gasteiger partial charge in [-0.3, -0.25) is 9.69 Å². The zero-order valence-corrected chi connectivity index (χ0v) is 13.5. The predicted octanol–water partition coefficient (Wildman–Crippen LogP) is 1.01. The van der Waals surface area contributed by atoms with E-state index in [2.05, 4.69) is 16.8 Å². The summed E-state index contributed by atoms with van der Waals surface area (Å²) in [7, 11) is 0. The van der Waals surface area contributed by atoms with E-state index in [0.29, 0.717) is 12.0 Å². The lowest BCUT2D eigenvalue weighted by molar-refractivity contribution is -0.133. The largest absolute Gasteiger partial charge is 0.379 e. The van der Waals surface area contributed by atoms with Crippen LogP contribution in [0.3, 0.4) is 0 Å². The van der Waals surface area contributed by atoms with E-state index < -0.39 is 0 Å². The molecule has 3 atom stereocenters. The lowest BCUT2D eigenvalue weighted by Crippen LogP contribution is -2.47. The molecule has 0 bridgehead atoms. The van der Waals surface area contributed by atoms with Gasteiger partial charge in [0.25, 0.3) is 0 Å². The van der Waals surface area contributed by atoms with Crippen LogP contribution in [0.2, 0.25) is 0 Å². The molecule has 2 saturated heterocycles. The number of aromatic nitrogens is 2. The molecular formula is C16H26N4O2. The van der Waals surface area contributed by atoms with Gasteiger partial charge in [-0.1, -0.05) is 13.3 Å². The summed E-state index contributed by atoms with van der Waals surface area (Å²) in [5.74, 6) is 0.768. The number of likely N-dealkylation sites (tertiary alicyclic amines) is 1. The summed E-state index contributed by atoms with van der Waals surface area (Å²) in [6.07, 6.45) is 6.41. The van der Waals surface area contributed by atoms with Gasteiger partial charge in [-0.25, -0.2) is 4.98 Å². The molecule has 3 rings (SSSR count). The topological polar surface area (TPSA) is 50.6 Å². The maximum atomic E-state index is 12.8. The molecular weight excluding hydrogens is 280 g/mol. The first kappa shape index (κ1) is 15.5. The number of rotatable bonds is 4. The van der Waals surface area contributed by atoms with Crippen LogP contribution in [-0.2, 0) is 9.53 Å². The van der Waals surface area contributed by atoms with Crippen molar-refractivity contribution >= 4 is 5.91 Å². The molecule has 3 heterocycles. The highest BCUT2D eigenvalue weighted by molar-refractivity contribution is 5.80. The Balaban J connectivity index is 1.66. The third-order valence-electron chi connectivity index (χ3n) is 5.09. The molecule has 2 aliphatic rings. The fourth-order valence-corrected chi connectivity index (χ4v) is 3.65. The van der Waals surface area contributed by atoms with Gasteiger partial charge in [0.05, 0.1) is 19.5 Å². The maximum Gasteiger partial charge on any atom is 0.245 e. The maximum absolute atomic E-state index is 12.8. The summed E-state index contributed by atoms with van der Waals surface area (Å²) >= 11 is 0. The molecule has 122 valence electrons. The van der Waals surface area contributed by atoms with Crippen molar-refractivity contribution in [2.24, 2.45) is 5.92 Å².